The van der Waals surface area contributed by atoms with E-state index in [1.165, 1.54) is 0 Å². The van der Waals surface area contributed by atoms with Gasteiger partial charge in [-0.15, -0.1) is 0 Å². The molecule has 124 valence electrons. The lowest BCUT2D eigenvalue weighted by atomic mass is 10.3. The molecule has 2 aromatic rings. The first kappa shape index (κ1) is 17.5. The fourth-order valence-electron chi connectivity index (χ4n) is 1.82. The zero-order chi connectivity index (χ0) is 16.3. The lowest BCUT2D eigenvalue weighted by Crippen LogP contribution is -2.25. The van der Waals surface area contributed by atoms with E-state index in [1.807, 2.05) is 60.9 Å². The normalized spacial score (nSPS) is 11.7. The first-order valence-corrected chi connectivity index (χ1v) is 8.88. The van der Waals surface area contributed by atoms with Crippen LogP contribution < -0.4 is 14.2 Å². The Morgan fingerprint density at radius 1 is 0.826 bits per heavy atom. The highest BCUT2D eigenvalue weighted by atomic mass is 32.2. The number of hydrogen-bond acceptors (Lipinski definition) is 5. The lowest BCUT2D eigenvalue weighted by molar-refractivity contribution is 0.0626. The van der Waals surface area contributed by atoms with Gasteiger partial charge in [0.15, 0.2) is 0 Å². The van der Waals surface area contributed by atoms with Crippen LogP contribution in [0.4, 0.5) is 0 Å². The van der Waals surface area contributed by atoms with Crippen LogP contribution >= 0.6 is 11.8 Å². The van der Waals surface area contributed by atoms with Crippen molar-refractivity contribution in [3.05, 3.63) is 54.6 Å². The van der Waals surface area contributed by atoms with Crippen molar-refractivity contribution in [2.75, 3.05) is 31.8 Å². The molecule has 0 amide bonds. The lowest BCUT2D eigenvalue weighted by Gasteiger charge is -2.14. The van der Waals surface area contributed by atoms with Gasteiger partial charge in [-0.05, 0) is 42.7 Å². The number of hydrogen-bond donors (Lipinski definition) is 1. The molecule has 5 heteroatoms. The predicted octanol–water partition coefficient (Wildman–Crippen LogP) is 3.25. The first-order chi connectivity index (χ1) is 11.3. The molecule has 0 fully saturated rings. The van der Waals surface area contributed by atoms with Crippen molar-refractivity contribution in [1.82, 2.24) is 0 Å². The topological polar surface area (TPSA) is 47.9 Å². The maximum Gasteiger partial charge on any atom is 0.122 e. The first-order valence-electron chi connectivity index (χ1n) is 7.48. The van der Waals surface area contributed by atoms with E-state index >= 15 is 0 Å². The van der Waals surface area contributed by atoms with E-state index in [0.29, 0.717) is 12.4 Å². The van der Waals surface area contributed by atoms with Gasteiger partial charge in [0.2, 0.25) is 0 Å². The van der Waals surface area contributed by atoms with Gasteiger partial charge in [-0.3, -0.25) is 0 Å². The zero-order valence-electron chi connectivity index (χ0n) is 13.2. The van der Waals surface area contributed by atoms with Gasteiger partial charge < -0.3 is 19.3 Å². The van der Waals surface area contributed by atoms with Crippen LogP contribution in [0.5, 0.6) is 17.2 Å². The van der Waals surface area contributed by atoms with Crippen LogP contribution in [0, 0.1) is 0 Å². The maximum atomic E-state index is 9.89. The quantitative estimate of drug-likeness (QED) is 0.676. The number of aliphatic hydroxyl groups is 1. The average Bonchev–Trinajstić information content (AvgIpc) is 2.60. The molecule has 23 heavy (non-hydrogen) atoms. The molecule has 2 rings (SSSR count). The summed E-state index contributed by atoms with van der Waals surface area (Å²) in [5.41, 5.74) is 0. The van der Waals surface area contributed by atoms with Gasteiger partial charge in [-0.2, -0.15) is 11.8 Å². The third-order valence-corrected chi connectivity index (χ3v) is 3.58. The summed E-state index contributed by atoms with van der Waals surface area (Å²) in [6.07, 6.45) is 1.36. The van der Waals surface area contributed by atoms with E-state index in [4.69, 9.17) is 14.2 Å². The van der Waals surface area contributed by atoms with Crippen molar-refractivity contribution in [1.29, 1.82) is 0 Å². The Morgan fingerprint density at radius 2 is 1.35 bits per heavy atom. The Kier molecular flexibility index (Phi) is 7.63. The van der Waals surface area contributed by atoms with E-state index in [1.54, 1.807) is 11.8 Å². The molecule has 0 heterocycles. The van der Waals surface area contributed by atoms with Gasteiger partial charge >= 0.3 is 0 Å². The molecule has 4 nitrogen and oxygen atoms in total. The third-order valence-electron chi connectivity index (χ3n) is 3.01. The van der Waals surface area contributed by atoms with Crippen molar-refractivity contribution < 1.29 is 19.3 Å². The number of benzene rings is 2. The minimum absolute atomic E-state index is 0.180. The molecule has 1 N–H and O–H groups in total. The molecule has 0 aliphatic heterocycles. The minimum Gasteiger partial charge on any atom is -0.493 e. The molecule has 0 saturated heterocycles. The van der Waals surface area contributed by atoms with Gasteiger partial charge in [0.25, 0.3) is 0 Å². The summed E-state index contributed by atoms with van der Waals surface area (Å²) in [5, 5.41) is 9.89. The Balaban J connectivity index is 1.68. The van der Waals surface area contributed by atoms with Crippen LogP contribution in [0.1, 0.15) is 0 Å². The maximum absolute atomic E-state index is 9.89. The fourth-order valence-corrected chi connectivity index (χ4v) is 2.07. The van der Waals surface area contributed by atoms with Gasteiger partial charge in [-0.25, -0.2) is 0 Å². The Bertz CT molecular complexity index is 545. The van der Waals surface area contributed by atoms with Gasteiger partial charge in [-0.1, -0.05) is 18.2 Å². The molecular weight excluding hydrogens is 312 g/mol. The summed E-state index contributed by atoms with van der Waals surface area (Å²) in [4.78, 5) is 0. The molecule has 0 bridgehead atoms. The van der Waals surface area contributed by atoms with Crippen LogP contribution in [0.15, 0.2) is 54.6 Å². The minimum atomic E-state index is -0.687. The van der Waals surface area contributed by atoms with E-state index in [2.05, 4.69) is 0 Å². The fraction of sp³-hybridized carbons (Fsp3) is 0.333. The highest BCUT2D eigenvalue weighted by Crippen LogP contribution is 2.18. The Hall–Kier alpha value is -1.85. The van der Waals surface area contributed by atoms with Crippen LogP contribution in [-0.4, -0.2) is 43.0 Å². The van der Waals surface area contributed by atoms with Crippen molar-refractivity contribution in [2.24, 2.45) is 0 Å². The molecule has 2 aromatic carbocycles. The summed E-state index contributed by atoms with van der Waals surface area (Å²) in [7, 11) is 0. The molecular formula is C18H22O4S. The zero-order valence-corrected chi connectivity index (χ0v) is 14.0. The second-order valence-corrected chi connectivity index (χ2v) is 5.89. The predicted molar refractivity (Wildman–Crippen MR) is 93.8 cm³/mol. The van der Waals surface area contributed by atoms with E-state index in [0.717, 1.165) is 17.3 Å². The molecule has 0 saturated carbocycles. The number of para-hydroxylation sites is 1. The molecule has 0 radical (unpaired) electrons. The van der Waals surface area contributed by atoms with Gasteiger partial charge in [0, 0.05) is 5.75 Å². The van der Waals surface area contributed by atoms with Crippen LogP contribution in [0.25, 0.3) is 0 Å². The Labute approximate surface area is 141 Å². The average molecular weight is 334 g/mol. The van der Waals surface area contributed by atoms with Crippen molar-refractivity contribution >= 4 is 11.8 Å². The summed E-state index contributed by atoms with van der Waals surface area (Å²) in [6, 6.07) is 16.8. The largest absolute Gasteiger partial charge is 0.493 e. The summed E-state index contributed by atoms with van der Waals surface area (Å²) in [5.74, 6) is 3.21. The SMILES string of the molecule is CSCCOc1ccc(OCC(O)COc2ccccc2)cc1. The van der Waals surface area contributed by atoms with Gasteiger partial charge in [0.05, 0.1) is 6.61 Å². The van der Waals surface area contributed by atoms with Crippen LogP contribution in [0.3, 0.4) is 0 Å². The molecule has 0 aliphatic rings. The highest BCUT2D eigenvalue weighted by Gasteiger charge is 2.07. The molecule has 0 aromatic heterocycles. The van der Waals surface area contributed by atoms with Crippen molar-refractivity contribution in [2.45, 2.75) is 6.10 Å². The number of ether oxygens (including phenoxy) is 3. The van der Waals surface area contributed by atoms with E-state index in [-0.39, 0.29) is 13.2 Å². The molecule has 0 spiro atoms. The van der Waals surface area contributed by atoms with Crippen molar-refractivity contribution in [3.8, 4) is 17.2 Å². The number of rotatable bonds is 10. The summed E-state index contributed by atoms with van der Waals surface area (Å²) < 4.78 is 16.6. The monoisotopic (exact) mass is 334 g/mol. The summed E-state index contributed by atoms with van der Waals surface area (Å²) in [6.45, 7) is 1.07. The second kappa shape index (κ2) is 10.0. The number of thioether (sulfide) groups is 1. The molecule has 1 atom stereocenters. The number of aliphatic hydroxyl groups excluding tert-OH is 1. The molecule has 1 unspecified atom stereocenters. The van der Waals surface area contributed by atoms with E-state index in [9.17, 15) is 5.11 Å². The van der Waals surface area contributed by atoms with E-state index < -0.39 is 6.10 Å². The third kappa shape index (κ3) is 6.84. The second-order valence-electron chi connectivity index (χ2n) is 4.90. The van der Waals surface area contributed by atoms with Crippen LogP contribution in [-0.2, 0) is 0 Å². The standard InChI is InChI=1S/C18H22O4S/c1-23-12-11-20-17-7-9-18(10-8-17)22-14-15(19)13-21-16-5-3-2-4-6-16/h2-10,15,19H,11-14H2,1H3. The van der Waals surface area contributed by atoms with Crippen molar-refractivity contribution in [3.63, 3.8) is 0 Å². The highest BCUT2D eigenvalue weighted by molar-refractivity contribution is 7.98. The molecule has 0 aliphatic carbocycles. The Morgan fingerprint density at radius 3 is 1.91 bits per heavy atom. The summed E-state index contributed by atoms with van der Waals surface area (Å²) >= 11 is 1.75. The smallest absolute Gasteiger partial charge is 0.122 e. The van der Waals surface area contributed by atoms with Crippen LogP contribution in [0.2, 0.25) is 0 Å². The van der Waals surface area contributed by atoms with Gasteiger partial charge in [0.1, 0.15) is 36.6 Å².